The van der Waals surface area contributed by atoms with Crippen LogP contribution in [0.25, 0.3) is 11.2 Å². The van der Waals surface area contributed by atoms with Gasteiger partial charge in [-0.1, -0.05) is 0 Å². The zero-order valence-electron chi connectivity index (χ0n) is 10.7. The molecule has 2 aromatic heterocycles. The molecule has 1 atom stereocenters. The monoisotopic (exact) mass is 245 g/mol. The van der Waals surface area contributed by atoms with E-state index in [1.165, 1.54) is 12.8 Å². The van der Waals surface area contributed by atoms with E-state index < -0.39 is 0 Å². The van der Waals surface area contributed by atoms with E-state index in [0.29, 0.717) is 5.92 Å². The zero-order valence-corrected chi connectivity index (χ0v) is 10.7. The van der Waals surface area contributed by atoms with Crippen molar-refractivity contribution in [3.63, 3.8) is 0 Å². The number of anilines is 1. The maximum absolute atomic E-state index is 4.52. The summed E-state index contributed by atoms with van der Waals surface area (Å²) < 4.78 is 0. The Labute approximate surface area is 107 Å². The first-order valence-electron chi connectivity index (χ1n) is 6.55. The number of pyridine rings is 1. The molecule has 18 heavy (non-hydrogen) atoms. The molecule has 0 aromatic carbocycles. The van der Waals surface area contributed by atoms with E-state index >= 15 is 0 Å². The Bertz CT molecular complexity index is 482. The Hall–Kier alpha value is -1.62. The average molecular weight is 245 g/mol. The maximum Gasteiger partial charge on any atom is 0.205 e. The van der Waals surface area contributed by atoms with Gasteiger partial charge in [-0.25, -0.2) is 4.98 Å². The fraction of sp³-hybridized carbons (Fsp3) is 0.538. The zero-order chi connectivity index (χ0) is 12.4. The molecule has 2 N–H and O–H groups in total. The van der Waals surface area contributed by atoms with Crippen LogP contribution in [-0.4, -0.2) is 41.6 Å². The number of H-pyrrole nitrogens is 1. The third-order valence-corrected chi connectivity index (χ3v) is 3.54. The van der Waals surface area contributed by atoms with Crippen molar-refractivity contribution in [2.45, 2.75) is 12.8 Å². The SMILES string of the molecule is CN(C[C@@H]1CCCNC1)c1nc2ncccc2[nH]1. The second kappa shape index (κ2) is 4.94. The fourth-order valence-corrected chi connectivity index (χ4v) is 2.57. The van der Waals surface area contributed by atoms with Crippen molar-refractivity contribution < 1.29 is 0 Å². The Morgan fingerprint density at radius 1 is 1.50 bits per heavy atom. The standard InChI is InChI=1S/C13H19N5/c1-18(9-10-4-2-6-14-8-10)13-16-11-5-3-7-15-12(11)17-13/h3,5,7,10,14H,2,4,6,8-9H2,1H3,(H,15,16,17)/t10-/m1/s1. The largest absolute Gasteiger partial charge is 0.345 e. The van der Waals surface area contributed by atoms with Crippen LogP contribution in [-0.2, 0) is 0 Å². The van der Waals surface area contributed by atoms with Gasteiger partial charge in [0.15, 0.2) is 5.65 Å². The summed E-state index contributed by atoms with van der Waals surface area (Å²) in [6.07, 6.45) is 4.36. The number of nitrogens with one attached hydrogen (secondary N) is 2. The molecule has 3 rings (SSSR count). The van der Waals surface area contributed by atoms with Crippen LogP contribution in [0.4, 0.5) is 5.95 Å². The van der Waals surface area contributed by atoms with Crippen molar-refractivity contribution >= 4 is 17.1 Å². The quantitative estimate of drug-likeness (QED) is 0.858. The summed E-state index contributed by atoms with van der Waals surface area (Å²) in [6.45, 7) is 3.31. The molecular formula is C13H19N5. The Balaban J connectivity index is 1.72. The minimum atomic E-state index is 0.713. The first kappa shape index (κ1) is 11.5. The van der Waals surface area contributed by atoms with Gasteiger partial charge in [-0.3, -0.25) is 0 Å². The lowest BCUT2D eigenvalue weighted by Crippen LogP contribution is -2.37. The summed E-state index contributed by atoms with van der Waals surface area (Å²) in [5, 5.41) is 3.45. The number of hydrogen-bond acceptors (Lipinski definition) is 4. The number of rotatable bonds is 3. The van der Waals surface area contributed by atoms with E-state index in [0.717, 1.165) is 36.7 Å². The van der Waals surface area contributed by atoms with Crippen molar-refractivity contribution in [2.75, 3.05) is 31.6 Å². The number of hydrogen-bond donors (Lipinski definition) is 2. The highest BCUT2D eigenvalue weighted by Crippen LogP contribution is 2.17. The van der Waals surface area contributed by atoms with Crippen LogP contribution in [0.15, 0.2) is 18.3 Å². The predicted molar refractivity (Wildman–Crippen MR) is 72.8 cm³/mol. The third kappa shape index (κ3) is 2.31. The molecule has 0 radical (unpaired) electrons. The molecule has 5 heteroatoms. The molecule has 1 fully saturated rings. The molecule has 0 amide bonds. The van der Waals surface area contributed by atoms with Gasteiger partial charge in [0.1, 0.15) is 0 Å². The van der Waals surface area contributed by atoms with Crippen LogP contribution in [0, 0.1) is 5.92 Å². The summed E-state index contributed by atoms with van der Waals surface area (Å²) >= 11 is 0. The predicted octanol–water partition coefficient (Wildman–Crippen LogP) is 1.39. The molecule has 0 bridgehead atoms. The highest BCUT2D eigenvalue weighted by atomic mass is 15.3. The van der Waals surface area contributed by atoms with Crippen LogP contribution in [0.2, 0.25) is 0 Å². The van der Waals surface area contributed by atoms with E-state index in [1.807, 2.05) is 12.1 Å². The lowest BCUT2D eigenvalue weighted by Gasteiger charge is -2.27. The summed E-state index contributed by atoms with van der Waals surface area (Å²) in [6, 6.07) is 3.93. The highest BCUT2D eigenvalue weighted by molar-refractivity contribution is 5.72. The van der Waals surface area contributed by atoms with Crippen molar-refractivity contribution in [1.29, 1.82) is 0 Å². The topological polar surface area (TPSA) is 56.8 Å². The third-order valence-electron chi connectivity index (χ3n) is 3.54. The number of aromatic amines is 1. The molecule has 1 aliphatic heterocycles. The van der Waals surface area contributed by atoms with E-state index in [2.05, 4.69) is 32.2 Å². The second-order valence-corrected chi connectivity index (χ2v) is 5.03. The number of piperidine rings is 1. The van der Waals surface area contributed by atoms with Gasteiger partial charge < -0.3 is 15.2 Å². The van der Waals surface area contributed by atoms with Gasteiger partial charge >= 0.3 is 0 Å². The Morgan fingerprint density at radius 2 is 2.44 bits per heavy atom. The first-order chi connectivity index (χ1) is 8.83. The molecule has 0 unspecified atom stereocenters. The minimum absolute atomic E-state index is 0.713. The van der Waals surface area contributed by atoms with Crippen LogP contribution >= 0.6 is 0 Å². The summed E-state index contributed by atoms with van der Waals surface area (Å²) in [5.74, 6) is 1.62. The molecule has 2 aromatic rings. The van der Waals surface area contributed by atoms with E-state index in [4.69, 9.17) is 0 Å². The fourth-order valence-electron chi connectivity index (χ4n) is 2.57. The van der Waals surface area contributed by atoms with Gasteiger partial charge in [0.25, 0.3) is 0 Å². The lowest BCUT2D eigenvalue weighted by molar-refractivity contribution is 0.380. The van der Waals surface area contributed by atoms with Crippen LogP contribution in [0.3, 0.4) is 0 Å². The van der Waals surface area contributed by atoms with E-state index in [-0.39, 0.29) is 0 Å². The minimum Gasteiger partial charge on any atom is -0.345 e. The molecule has 5 nitrogen and oxygen atoms in total. The van der Waals surface area contributed by atoms with Gasteiger partial charge in [-0.2, -0.15) is 4.98 Å². The molecular weight excluding hydrogens is 226 g/mol. The first-order valence-corrected chi connectivity index (χ1v) is 6.55. The van der Waals surface area contributed by atoms with E-state index in [1.54, 1.807) is 6.20 Å². The van der Waals surface area contributed by atoms with Gasteiger partial charge in [-0.15, -0.1) is 0 Å². The van der Waals surface area contributed by atoms with Gasteiger partial charge in [0, 0.05) is 19.8 Å². The van der Waals surface area contributed by atoms with Crippen molar-refractivity contribution in [3.05, 3.63) is 18.3 Å². The number of aromatic nitrogens is 3. The molecule has 1 saturated heterocycles. The van der Waals surface area contributed by atoms with Crippen molar-refractivity contribution in [3.8, 4) is 0 Å². The average Bonchev–Trinajstić information content (AvgIpc) is 2.84. The number of imidazole rings is 1. The van der Waals surface area contributed by atoms with Crippen LogP contribution in [0.5, 0.6) is 0 Å². The lowest BCUT2D eigenvalue weighted by atomic mass is 9.99. The smallest absolute Gasteiger partial charge is 0.205 e. The summed E-state index contributed by atoms with van der Waals surface area (Å²) in [5.41, 5.74) is 1.79. The highest BCUT2D eigenvalue weighted by Gasteiger charge is 2.16. The maximum atomic E-state index is 4.52. The van der Waals surface area contributed by atoms with Crippen molar-refractivity contribution in [1.82, 2.24) is 20.3 Å². The molecule has 0 saturated carbocycles. The molecule has 0 spiro atoms. The van der Waals surface area contributed by atoms with Gasteiger partial charge in [0.05, 0.1) is 5.52 Å². The summed E-state index contributed by atoms with van der Waals surface area (Å²) in [4.78, 5) is 14.3. The van der Waals surface area contributed by atoms with E-state index in [9.17, 15) is 0 Å². The Kier molecular flexibility index (Phi) is 3.15. The number of nitrogens with zero attached hydrogens (tertiary/aromatic N) is 3. The molecule has 3 heterocycles. The molecule has 96 valence electrons. The Morgan fingerprint density at radius 3 is 3.22 bits per heavy atom. The van der Waals surface area contributed by atoms with Gasteiger partial charge in [-0.05, 0) is 44.0 Å². The summed E-state index contributed by atoms with van der Waals surface area (Å²) in [7, 11) is 2.09. The van der Waals surface area contributed by atoms with Crippen LogP contribution < -0.4 is 10.2 Å². The molecule has 1 aliphatic rings. The van der Waals surface area contributed by atoms with Gasteiger partial charge in [0.2, 0.25) is 5.95 Å². The van der Waals surface area contributed by atoms with Crippen LogP contribution in [0.1, 0.15) is 12.8 Å². The van der Waals surface area contributed by atoms with Crippen molar-refractivity contribution in [2.24, 2.45) is 5.92 Å². The molecule has 0 aliphatic carbocycles. The number of fused-ring (bicyclic) bond motifs is 1. The normalized spacial score (nSPS) is 20.2. The second-order valence-electron chi connectivity index (χ2n) is 5.03.